The molecule has 1 saturated heterocycles. The minimum atomic E-state index is -1.32. The van der Waals surface area contributed by atoms with Gasteiger partial charge in [-0.25, -0.2) is 4.79 Å². The molecule has 136 valence electrons. The lowest BCUT2D eigenvalue weighted by molar-refractivity contribution is -0.151. The van der Waals surface area contributed by atoms with Crippen LogP contribution >= 0.6 is 23.4 Å². The first-order valence-electron chi connectivity index (χ1n) is 7.16. The standard InChI is InChI=1S/C14H15ClN2O7S/c1-6(18)24-4-7-5-25-13-10(16-9(20)2-8(19)3-15)12(21)17(13)11(7)14(22)23/h10,13H,2-5H2,1H3,(H,16,20)(H,22,23)/t10?,13-/m0/s1. The average Bonchev–Trinajstić information content (AvgIpc) is 2.56. The van der Waals surface area contributed by atoms with Crippen molar-refractivity contribution in [1.29, 1.82) is 0 Å². The number of carboxylic acid groups (broad SMARTS) is 1. The number of hydrogen-bond donors (Lipinski definition) is 2. The van der Waals surface area contributed by atoms with Crippen LogP contribution in [-0.4, -0.2) is 69.2 Å². The number of ether oxygens (including phenoxy) is 1. The van der Waals surface area contributed by atoms with Crippen molar-refractivity contribution in [3.63, 3.8) is 0 Å². The fraction of sp³-hybridized carbons (Fsp3) is 0.500. The third kappa shape index (κ3) is 4.13. The van der Waals surface area contributed by atoms with Gasteiger partial charge < -0.3 is 15.2 Å². The van der Waals surface area contributed by atoms with Gasteiger partial charge in [0.15, 0.2) is 5.78 Å². The van der Waals surface area contributed by atoms with Crippen LogP contribution in [0.4, 0.5) is 0 Å². The van der Waals surface area contributed by atoms with Gasteiger partial charge in [-0.15, -0.1) is 23.4 Å². The van der Waals surface area contributed by atoms with Crippen LogP contribution in [0.5, 0.6) is 0 Å². The number of thioether (sulfide) groups is 1. The normalized spacial score (nSPS) is 22.0. The number of alkyl halides is 1. The zero-order chi connectivity index (χ0) is 18.7. The monoisotopic (exact) mass is 390 g/mol. The van der Waals surface area contributed by atoms with Crippen molar-refractivity contribution in [1.82, 2.24) is 10.2 Å². The van der Waals surface area contributed by atoms with E-state index in [4.69, 9.17) is 16.3 Å². The summed E-state index contributed by atoms with van der Waals surface area (Å²) < 4.78 is 4.82. The Morgan fingerprint density at radius 2 is 2.08 bits per heavy atom. The molecule has 0 aliphatic carbocycles. The summed E-state index contributed by atoms with van der Waals surface area (Å²) >= 11 is 6.57. The Morgan fingerprint density at radius 3 is 2.64 bits per heavy atom. The van der Waals surface area contributed by atoms with Crippen molar-refractivity contribution in [2.75, 3.05) is 18.2 Å². The van der Waals surface area contributed by atoms with E-state index in [-0.39, 0.29) is 23.9 Å². The quantitative estimate of drug-likeness (QED) is 0.257. The highest BCUT2D eigenvalue weighted by Gasteiger charge is 2.54. The van der Waals surface area contributed by atoms with E-state index in [1.54, 1.807) is 0 Å². The van der Waals surface area contributed by atoms with Crippen LogP contribution < -0.4 is 5.32 Å². The number of hydrogen-bond acceptors (Lipinski definition) is 7. The number of carbonyl (C=O) groups is 5. The average molecular weight is 391 g/mol. The molecule has 11 heteroatoms. The maximum Gasteiger partial charge on any atom is 0.352 e. The highest BCUT2D eigenvalue weighted by Crippen LogP contribution is 2.40. The summed E-state index contributed by atoms with van der Waals surface area (Å²) in [6.07, 6.45) is -0.440. The number of halogens is 1. The van der Waals surface area contributed by atoms with Crippen molar-refractivity contribution in [2.24, 2.45) is 0 Å². The number of rotatable bonds is 7. The number of Topliss-reactive ketones (excluding diaryl/α,β-unsaturated/α-hetero) is 1. The third-order valence-electron chi connectivity index (χ3n) is 3.52. The molecule has 2 amide bonds. The van der Waals surface area contributed by atoms with E-state index < -0.39 is 47.4 Å². The molecule has 0 aromatic rings. The molecule has 1 unspecified atom stereocenters. The highest BCUT2D eigenvalue weighted by atomic mass is 35.5. The van der Waals surface area contributed by atoms with Gasteiger partial charge in [0.25, 0.3) is 5.91 Å². The Bertz CT molecular complexity index is 678. The second-order valence-corrected chi connectivity index (χ2v) is 6.71. The van der Waals surface area contributed by atoms with Crippen LogP contribution in [0.15, 0.2) is 11.3 Å². The zero-order valence-electron chi connectivity index (χ0n) is 13.1. The maximum absolute atomic E-state index is 12.3. The molecule has 2 aliphatic rings. The molecule has 25 heavy (non-hydrogen) atoms. The van der Waals surface area contributed by atoms with Crippen LogP contribution in [0.3, 0.4) is 0 Å². The molecule has 2 rings (SSSR count). The van der Waals surface area contributed by atoms with Gasteiger partial charge in [-0.3, -0.25) is 24.1 Å². The molecule has 9 nitrogen and oxygen atoms in total. The van der Waals surface area contributed by atoms with Crippen LogP contribution in [0, 0.1) is 0 Å². The molecule has 2 aliphatic heterocycles. The van der Waals surface area contributed by atoms with E-state index >= 15 is 0 Å². The number of β-lactam (4-membered cyclic amide) rings is 1. The van der Waals surface area contributed by atoms with E-state index in [9.17, 15) is 29.1 Å². The van der Waals surface area contributed by atoms with Crippen molar-refractivity contribution >= 4 is 52.9 Å². The molecular formula is C14H15ClN2O7S. The van der Waals surface area contributed by atoms with Crippen LogP contribution in [0.2, 0.25) is 0 Å². The smallest absolute Gasteiger partial charge is 0.352 e. The van der Waals surface area contributed by atoms with E-state index in [1.165, 1.54) is 18.7 Å². The molecule has 0 aromatic carbocycles. The third-order valence-corrected chi connectivity index (χ3v) is 5.16. The fourth-order valence-corrected chi connectivity index (χ4v) is 3.86. The van der Waals surface area contributed by atoms with Gasteiger partial charge in [-0.1, -0.05) is 0 Å². The SMILES string of the molecule is CC(=O)OCC1=C(C(=O)O)N2C(=O)C(NC(=O)CC(=O)CCl)[C@@H]2SC1. The van der Waals surface area contributed by atoms with E-state index in [1.807, 2.05) is 0 Å². The summed E-state index contributed by atoms with van der Waals surface area (Å²) in [6, 6.07) is -0.912. The van der Waals surface area contributed by atoms with Gasteiger partial charge in [0.1, 0.15) is 23.7 Å². The molecule has 2 N–H and O–H groups in total. The number of fused-ring (bicyclic) bond motifs is 1. The number of carboxylic acids is 1. The summed E-state index contributed by atoms with van der Waals surface area (Å²) in [5.74, 6) is -3.67. The first-order chi connectivity index (χ1) is 11.8. The lowest BCUT2D eigenvalue weighted by Gasteiger charge is -2.49. The van der Waals surface area contributed by atoms with Gasteiger partial charge in [0.2, 0.25) is 5.91 Å². The molecule has 1 fully saturated rings. The highest BCUT2D eigenvalue weighted by molar-refractivity contribution is 8.00. The molecule has 0 bridgehead atoms. The number of nitrogens with zero attached hydrogens (tertiary/aromatic N) is 1. The van der Waals surface area contributed by atoms with E-state index in [2.05, 4.69) is 5.32 Å². The topological polar surface area (TPSA) is 130 Å². The minimum Gasteiger partial charge on any atom is -0.477 e. The lowest BCUT2D eigenvalue weighted by atomic mass is 10.0. The minimum absolute atomic E-state index is 0.221. The van der Waals surface area contributed by atoms with Crippen molar-refractivity contribution in [3.8, 4) is 0 Å². The molecule has 2 atom stereocenters. The number of esters is 1. The molecule has 2 heterocycles. The Balaban J connectivity index is 2.10. The Kier molecular flexibility index (Phi) is 6.07. The van der Waals surface area contributed by atoms with Gasteiger partial charge >= 0.3 is 11.9 Å². The predicted octanol–water partition coefficient (Wildman–Crippen LogP) is -0.514. The van der Waals surface area contributed by atoms with Crippen LogP contribution in [0.1, 0.15) is 13.3 Å². The first kappa shape index (κ1) is 19.3. The second kappa shape index (κ2) is 7.87. The van der Waals surface area contributed by atoms with Crippen molar-refractivity contribution in [3.05, 3.63) is 11.3 Å². The Morgan fingerprint density at radius 1 is 1.40 bits per heavy atom. The second-order valence-electron chi connectivity index (χ2n) is 5.34. The summed E-state index contributed by atoms with van der Waals surface area (Å²) in [6.45, 7) is 0.976. The zero-order valence-corrected chi connectivity index (χ0v) is 14.7. The van der Waals surface area contributed by atoms with Gasteiger partial charge in [0.05, 0.1) is 12.3 Å². The Labute approximate surface area is 151 Å². The molecular weight excluding hydrogens is 376 g/mol. The lowest BCUT2D eigenvalue weighted by Crippen LogP contribution is -2.70. The van der Waals surface area contributed by atoms with Crippen molar-refractivity contribution < 1.29 is 33.8 Å². The first-order valence-corrected chi connectivity index (χ1v) is 8.75. The maximum atomic E-state index is 12.3. The number of nitrogens with one attached hydrogen (secondary N) is 1. The largest absolute Gasteiger partial charge is 0.477 e. The summed E-state index contributed by atoms with van der Waals surface area (Å²) in [5.41, 5.74) is 0.0664. The fourth-order valence-electron chi connectivity index (χ4n) is 2.43. The number of aliphatic carboxylic acids is 1. The molecule has 0 aromatic heterocycles. The molecule has 0 spiro atoms. The number of ketones is 1. The van der Waals surface area contributed by atoms with E-state index in [0.717, 1.165) is 4.90 Å². The molecule has 0 saturated carbocycles. The predicted molar refractivity (Wildman–Crippen MR) is 86.7 cm³/mol. The summed E-state index contributed by atoms with van der Waals surface area (Å²) in [4.78, 5) is 58.6. The van der Waals surface area contributed by atoms with Gasteiger partial charge in [-0.05, 0) is 0 Å². The summed E-state index contributed by atoms with van der Waals surface area (Å²) in [7, 11) is 0. The van der Waals surface area contributed by atoms with Gasteiger partial charge in [-0.2, -0.15) is 0 Å². The Hall–Kier alpha value is -2.07. The van der Waals surface area contributed by atoms with E-state index in [0.29, 0.717) is 5.57 Å². The van der Waals surface area contributed by atoms with Gasteiger partial charge in [0, 0.05) is 18.2 Å². The van der Waals surface area contributed by atoms with Crippen LogP contribution in [0.25, 0.3) is 0 Å². The number of amides is 2. The van der Waals surface area contributed by atoms with Crippen LogP contribution in [-0.2, 0) is 28.7 Å². The molecule has 0 radical (unpaired) electrons. The summed E-state index contributed by atoms with van der Waals surface area (Å²) in [5, 5.41) is 11.2. The van der Waals surface area contributed by atoms with Crippen molar-refractivity contribution in [2.45, 2.75) is 24.8 Å². The number of carbonyl (C=O) groups excluding carboxylic acids is 4.